The summed E-state index contributed by atoms with van der Waals surface area (Å²) < 4.78 is 0. The number of nitrogen functional groups attached to an aromatic ring is 1. The topological polar surface area (TPSA) is 38.0 Å². The fourth-order valence-corrected chi connectivity index (χ4v) is 2.57. The van der Waals surface area contributed by atoms with Crippen LogP contribution in [0.5, 0.6) is 0 Å². The highest BCUT2D eigenvalue weighted by Gasteiger charge is 2.18. The van der Waals surface area contributed by atoms with Gasteiger partial charge >= 0.3 is 0 Å². The molecule has 88 valence electrons. The van der Waals surface area contributed by atoms with Crippen LogP contribution in [0.2, 0.25) is 0 Å². The van der Waals surface area contributed by atoms with Gasteiger partial charge in [0.05, 0.1) is 0 Å². The van der Waals surface area contributed by atoms with Gasteiger partial charge in [0.25, 0.3) is 0 Å². The summed E-state index contributed by atoms with van der Waals surface area (Å²) in [5.74, 6) is 0.874. The van der Waals surface area contributed by atoms with Gasteiger partial charge in [-0.25, -0.2) is 0 Å². The van der Waals surface area contributed by atoms with Crippen LogP contribution in [0.15, 0.2) is 24.3 Å². The molecule has 1 aliphatic rings. The second kappa shape index (κ2) is 5.35. The van der Waals surface area contributed by atoms with Gasteiger partial charge in [-0.1, -0.05) is 38.0 Å². The van der Waals surface area contributed by atoms with Crippen molar-refractivity contribution in [1.82, 2.24) is 5.32 Å². The van der Waals surface area contributed by atoms with Crippen molar-refractivity contribution in [3.8, 4) is 0 Å². The fourth-order valence-electron chi connectivity index (χ4n) is 2.57. The Morgan fingerprint density at radius 3 is 2.88 bits per heavy atom. The average Bonchev–Trinajstić information content (AvgIpc) is 2.28. The first-order chi connectivity index (χ1) is 7.75. The summed E-state index contributed by atoms with van der Waals surface area (Å²) in [7, 11) is 0. The van der Waals surface area contributed by atoms with E-state index in [1.54, 1.807) is 0 Å². The van der Waals surface area contributed by atoms with Crippen molar-refractivity contribution in [3.63, 3.8) is 0 Å². The Morgan fingerprint density at radius 1 is 1.31 bits per heavy atom. The van der Waals surface area contributed by atoms with Crippen molar-refractivity contribution < 1.29 is 0 Å². The normalized spacial score (nSPS) is 25.6. The maximum atomic E-state index is 5.92. The van der Waals surface area contributed by atoms with Crippen molar-refractivity contribution in [3.05, 3.63) is 29.8 Å². The standard InChI is InChI=1S/C14H22N2/c1-11-5-4-7-13(9-11)16-10-12-6-2-3-8-14(12)15/h2-3,6,8,11,13,16H,4-5,7,9-10,15H2,1H3. The van der Waals surface area contributed by atoms with Crippen LogP contribution in [-0.2, 0) is 6.54 Å². The quantitative estimate of drug-likeness (QED) is 0.765. The van der Waals surface area contributed by atoms with Crippen LogP contribution in [0.25, 0.3) is 0 Å². The van der Waals surface area contributed by atoms with Crippen LogP contribution in [-0.4, -0.2) is 6.04 Å². The molecule has 2 heteroatoms. The maximum Gasteiger partial charge on any atom is 0.0359 e. The SMILES string of the molecule is CC1CCCC(NCc2ccccc2N)C1. The second-order valence-electron chi connectivity index (χ2n) is 5.05. The lowest BCUT2D eigenvalue weighted by Gasteiger charge is -2.27. The van der Waals surface area contributed by atoms with E-state index in [1.165, 1.54) is 31.2 Å². The molecule has 16 heavy (non-hydrogen) atoms. The Bertz CT molecular complexity index is 335. The van der Waals surface area contributed by atoms with E-state index < -0.39 is 0 Å². The summed E-state index contributed by atoms with van der Waals surface area (Å²) in [5.41, 5.74) is 8.05. The summed E-state index contributed by atoms with van der Waals surface area (Å²) >= 11 is 0. The predicted octanol–water partition coefficient (Wildman–Crippen LogP) is 2.94. The molecule has 1 saturated carbocycles. The third kappa shape index (κ3) is 2.99. The van der Waals surface area contributed by atoms with E-state index in [2.05, 4.69) is 24.4 Å². The van der Waals surface area contributed by atoms with E-state index in [9.17, 15) is 0 Å². The minimum absolute atomic E-state index is 0.684. The van der Waals surface area contributed by atoms with Crippen molar-refractivity contribution in [2.45, 2.75) is 45.2 Å². The summed E-state index contributed by atoms with van der Waals surface area (Å²) in [6.07, 6.45) is 5.39. The van der Waals surface area contributed by atoms with E-state index in [4.69, 9.17) is 5.73 Å². The van der Waals surface area contributed by atoms with Crippen LogP contribution in [0.1, 0.15) is 38.2 Å². The molecule has 0 saturated heterocycles. The molecule has 3 N–H and O–H groups in total. The van der Waals surface area contributed by atoms with Gasteiger partial charge in [0.15, 0.2) is 0 Å². The summed E-state index contributed by atoms with van der Waals surface area (Å²) in [6, 6.07) is 8.80. The lowest BCUT2D eigenvalue weighted by molar-refractivity contribution is 0.300. The molecule has 0 aromatic heterocycles. The molecular formula is C14H22N2. The van der Waals surface area contributed by atoms with Gasteiger partial charge in [-0.2, -0.15) is 0 Å². The number of hydrogen-bond donors (Lipinski definition) is 2. The molecule has 0 bridgehead atoms. The molecule has 0 radical (unpaired) electrons. The number of anilines is 1. The molecule has 0 aliphatic heterocycles. The molecule has 0 spiro atoms. The monoisotopic (exact) mass is 218 g/mol. The molecule has 2 atom stereocenters. The van der Waals surface area contributed by atoms with Crippen LogP contribution < -0.4 is 11.1 Å². The van der Waals surface area contributed by atoms with Gasteiger partial charge in [-0.05, 0) is 30.4 Å². The van der Waals surface area contributed by atoms with Crippen molar-refractivity contribution >= 4 is 5.69 Å². The van der Waals surface area contributed by atoms with Crippen molar-refractivity contribution in [2.75, 3.05) is 5.73 Å². The van der Waals surface area contributed by atoms with Crippen molar-refractivity contribution in [1.29, 1.82) is 0 Å². The highest BCUT2D eigenvalue weighted by Crippen LogP contribution is 2.24. The molecule has 0 heterocycles. The van der Waals surface area contributed by atoms with E-state index in [1.807, 2.05) is 12.1 Å². The number of nitrogens with one attached hydrogen (secondary N) is 1. The summed E-state index contributed by atoms with van der Waals surface area (Å²) in [6.45, 7) is 3.26. The molecule has 2 unspecified atom stereocenters. The van der Waals surface area contributed by atoms with E-state index in [-0.39, 0.29) is 0 Å². The first-order valence-electron chi connectivity index (χ1n) is 6.32. The minimum Gasteiger partial charge on any atom is -0.398 e. The second-order valence-corrected chi connectivity index (χ2v) is 5.05. The zero-order valence-corrected chi connectivity index (χ0v) is 10.1. The number of hydrogen-bond acceptors (Lipinski definition) is 2. The Hall–Kier alpha value is -1.02. The largest absolute Gasteiger partial charge is 0.398 e. The average molecular weight is 218 g/mol. The molecular weight excluding hydrogens is 196 g/mol. The molecule has 0 amide bonds. The summed E-state index contributed by atoms with van der Waals surface area (Å²) in [4.78, 5) is 0. The molecule has 1 aromatic rings. The third-order valence-electron chi connectivity index (χ3n) is 3.57. The fraction of sp³-hybridized carbons (Fsp3) is 0.571. The zero-order chi connectivity index (χ0) is 11.4. The highest BCUT2D eigenvalue weighted by molar-refractivity contribution is 5.46. The van der Waals surface area contributed by atoms with E-state index in [0.29, 0.717) is 6.04 Å². The summed E-state index contributed by atoms with van der Waals surface area (Å²) in [5, 5.41) is 3.63. The molecule has 1 aliphatic carbocycles. The number of para-hydroxylation sites is 1. The number of nitrogens with two attached hydrogens (primary N) is 1. The smallest absolute Gasteiger partial charge is 0.0359 e. The lowest BCUT2D eigenvalue weighted by atomic mass is 9.87. The van der Waals surface area contributed by atoms with Gasteiger partial charge in [0.2, 0.25) is 0 Å². The van der Waals surface area contributed by atoms with E-state index >= 15 is 0 Å². The van der Waals surface area contributed by atoms with Crippen LogP contribution >= 0.6 is 0 Å². The Morgan fingerprint density at radius 2 is 2.12 bits per heavy atom. The molecule has 1 fully saturated rings. The Kier molecular flexibility index (Phi) is 3.83. The molecule has 2 rings (SSSR count). The van der Waals surface area contributed by atoms with Gasteiger partial charge < -0.3 is 11.1 Å². The third-order valence-corrected chi connectivity index (χ3v) is 3.57. The van der Waals surface area contributed by atoms with E-state index in [0.717, 1.165) is 18.2 Å². The Labute approximate surface area is 98.2 Å². The van der Waals surface area contributed by atoms with Gasteiger partial charge in [-0.3, -0.25) is 0 Å². The van der Waals surface area contributed by atoms with Crippen LogP contribution in [0, 0.1) is 5.92 Å². The molecule has 1 aromatic carbocycles. The van der Waals surface area contributed by atoms with Gasteiger partial charge in [0, 0.05) is 18.3 Å². The van der Waals surface area contributed by atoms with Crippen LogP contribution in [0.3, 0.4) is 0 Å². The first-order valence-corrected chi connectivity index (χ1v) is 6.32. The minimum atomic E-state index is 0.684. The number of rotatable bonds is 3. The van der Waals surface area contributed by atoms with Crippen molar-refractivity contribution in [2.24, 2.45) is 5.92 Å². The number of benzene rings is 1. The Balaban J connectivity index is 1.85. The van der Waals surface area contributed by atoms with Crippen LogP contribution in [0.4, 0.5) is 5.69 Å². The first kappa shape index (κ1) is 11.5. The highest BCUT2D eigenvalue weighted by atomic mass is 14.9. The maximum absolute atomic E-state index is 5.92. The lowest BCUT2D eigenvalue weighted by Crippen LogP contribution is -2.33. The van der Waals surface area contributed by atoms with Gasteiger partial charge in [-0.15, -0.1) is 0 Å². The zero-order valence-electron chi connectivity index (χ0n) is 10.1. The van der Waals surface area contributed by atoms with Gasteiger partial charge in [0.1, 0.15) is 0 Å². The predicted molar refractivity (Wildman–Crippen MR) is 69.1 cm³/mol. The molecule has 2 nitrogen and oxygen atoms in total.